The second-order valence-electron chi connectivity index (χ2n) is 12.0. The van der Waals surface area contributed by atoms with E-state index in [1.807, 2.05) is 6.07 Å². The second kappa shape index (κ2) is 8.59. The Labute approximate surface area is 239 Å². The van der Waals surface area contributed by atoms with Crippen molar-refractivity contribution in [2.45, 2.75) is 38.9 Å². The molecule has 0 N–H and O–H groups in total. The van der Waals surface area contributed by atoms with Crippen LogP contribution in [0.1, 0.15) is 27.7 Å². The van der Waals surface area contributed by atoms with Crippen molar-refractivity contribution >= 4 is 56.3 Å². The lowest BCUT2D eigenvalue weighted by Gasteiger charge is -2.32. The number of nitrogens with zero attached hydrogens (tertiary/aromatic N) is 1. The highest BCUT2D eigenvalue weighted by Gasteiger charge is 2.52. The monoisotopic (exact) mass is 535 g/mol. The van der Waals surface area contributed by atoms with Gasteiger partial charge in [0.25, 0.3) is 0 Å². The molecule has 5 heteroatoms. The maximum absolute atomic E-state index is 6.96. The third-order valence-corrected chi connectivity index (χ3v) is 9.07. The van der Waals surface area contributed by atoms with Crippen molar-refractivity contribution in [3.63, 3.8) is 0 Å². The highest BCUT2D eigenvalue weighted by molar-refractivity contribution is 6.66. The summed E-state index contributed by atoms with van der Waals surface area (Å²) in [5, 5.41) is 4.52. The van der Waals surface area contributed by atoms with Gasteiger partial charge in [0.05, 0.1) is 27.9 Å². The second-order valence-corrected chi connectivity index (χ2v) is 12.0. The molecule has 0 atom stereocenters. The Morgan fingerprint density at radius 3 is 1.80 bits per heavy atom. The van der Waals surface area contributed by atoms with E-state index in [0.29, 0.717) is 0 Å². The van der Waals surface area contributed by atoms with Gasteiger partial charge in [0.15, 0.2) is 5.58 Å². The minimum atomic E-state index is -0.509. The number of furan rings is 1. The van der Waals surface area contributed by atoms with E-state index in [2.05, 4.69) is 135 Å². The quantitative estimate of drug-likeness (QED) is 0.213. The van der Waals surface area contributed by atoms with E-state index in [0.717, 1.165) is 55.2 Å². The van der Waals surface area contributed by atoms with Crippen LogP contribution in [-0.2, 0) is 9.31 Å². The first kappa shape index (κ1) is 24.5. The van der Waals surface area contributed by atoms with Crippen molar-refractivity contribution in [2.24, 2.45) is 0 Å². The van der Waals surface area contributed by atoms with Gasteiger partial charge in [0.1, 0.15) is 5.58 Å². The van der Waals surface area contributed by atoms with E-state index >= 15 is 0 Å². The van der Waals surface area contributed by atoms with Gasteiger partial charge in [-0.3, -0.25) is 0 Å². The third kappa shape index (κ3) is 3.49. The zero-order chi connectivity index (χ0) is 27.9. The lowest BCUT2D eigenvalue weighted by molar-refractivity contribution is 0.00578. The van der Waals surface area contributed by atoms with Gasteiger partial charge < -0.3 is 18.3 Å². The van der Waals surface area contributed by atoms with Gasteiger partial charge >= 0.3 is 7.12 Å². The van der Waals surface area contributed by atoms with E-state index < -0.39 is 18.3 Å². The van der Waals surface area contributed by atoms with E-state index in [9.17, 15) is 0 Å². The molecule has 5 aromatic carbocycles. The fourth-order valence-corrected chi connectivity index (χ4v) is 6.28. The number of hydrogen-bond acceptors (Lipinski definition) is 3. The Morgan fingerprint density at radius 1 is 0.561 bits per heavy atom. The van der Waals surface area contributed by atoms with Crippen LogP contribution in [0.3, 0.4) is 0 Å². The normalized spacial score (nSPS) is 16.4. The molecule has 1 aliphatic rings. The largest absolute Gasteiger partial charge is 0.495 e. The highest BCUT2D eigenvalue weighted by Crippen LogP contribution is 2.42. The minimum absolute atomic E-state index is 0.449. The van der Waals surface area contributed by atoms with Gasteiger partial charge in [-0.25, -0.2) is 0 Å². The van der Waals surface area contributed by atoms with Gasteiger partial charge in [-0.1, -0.05) is 91.0 Å². The maximum atomic E-state index is 6.96. The predicted octanol–water partition coefficient (Wildman–Crippen LogP) is 8.65. The average molecular weight is 535 g/mol. The summed E-state index contributed by atoms with van der Waals surface area (Å²) < 4.78 is 22.4. The first-order chi connectivity index (χ1) is 19.8. The topological polar surface area (TPSA) is 36.5 Å². The Kier molecular flexibility index (Phi) is 5.13. The number of fused-ring (bicyclic) bond motifs is 6. The SMILES string of the molecule is CC1(C)OB(c2ccc(-c3ccccc3)c3oc4c(-n5c6ccccc6c6ccccc65)cccc4c23)OC1(C)C. The molecular formula is C36H30BNO3. The Bertz CT molecular complexity index is 2050. The first-order valence-electron chi connectivity index (χ1n) is 14.2. The summed E-state index contributed by atoms with van der Waals surface area (Å²) in [6.45, 7) is 8.37. The molecule has 1 fully saturated rings. The average Bonchev–Trinajstić information content (AvgIpc) is 3.60. The molecule has 0 spiro atoms. The Hall–Kier alpha value is -4.32. The standard InChI is InChI=1S/C36H30BNO3/c1-35(2)36(3,4)41-37(40-35)28-22-21-24(23-13-6-5-7-14-23)34-32(28)27-17-12-20-31(33(27)39-34)38-29-18-10-8-15-25(29)26-16-9-11-19-30(26)38/h5-22H,1-4H3. The summed E-state index contributed by atoms with van der Waals surface area (Å²) in [6, 6.07) is 38.3. The van der Waals surface area contributed by atoms with Gasteiger partial charge in [-0.05, 0) is 56.9 Å². The number of para-hydroxylation sites is 3. The lowest BCUT2D eigenvalue weighted by atomic mass is 9.75. The van der Waals surface area contributed by atoms with Crippen molar-refractivity contribution < 1.29 is 13.7 Å². The molecule has 8 rings (SSSR count). The Morgan fingerprint density at radius 2 is 1.15 bits per heavy atom. The Balaban J connectivity index is 1.47. The smallest absolute Gasteiger partial charge is 0.453 e. The molecule has 4 nitrogen and oxygen atoms in total. The van der Waals surface area contributed by atoms with Crippen LogP contribution in [0, 0.1) is 0 Å². The van der Waals surface area contributed by atoms with Crippen molar-refractivity contribution in [1.82, 2.24) is 4.57 Å². The summed E-state index contributed by atoms with van der Waals surface area (Å²) in [4.78, 5) is 0. The summed E-state index contributed by atoms with van der Waals surface area (Å²) in [6.07, 6.45) is 0. The van der Waals surface area contributed by atoms with Crippen molar-refractivity contribution in [1.29, 1.82) is 0 Å². The molecule has 0 unspecified atom stereocenters. The maximum Gasteiger partial charge on any atom is 0.495 e. The van der Waals surface area contributed by atoms with Crippen LogP contribution < -0.4 is 5.46 Å². The first-order valence-corrected chi connectivity index (χ1v) is 14.2. The molecule has 0 amide bonds. The van der Waals surface area contributed by atoms with Crippen LogP contribution in [0.5, 0.6) is 0 Å². The number of rotatable bonds is 3. The van der Waals surface area contributed by atoms with Crippen LogP contribution in [0.4, 0.5) is 0 Å². The van der Waals surface area contributed by atoms with Crippen LogP contribution >= 0.6 is 0 Å². The minimum Gasteiger partial charge on any atom is -0.453 e. The molecule has 7 aromatic rings. The van der Waals surface area contributed by atoms with Gasteiger partial charge in [-0.15, -0.1) is 0 Å². The zero-order valence-corrected chi connectivity index (χ0v) is 23.6. The molecular weight excluding hydrogens is 505 g/mol. The van der Waals surface area contributed by atoms with Gasteiger partial charge in [0, 0.05) is 27.1 Å². The molecule has 3 heterocycles. The molecule has 1 aliphatic heterocycles. The van der Waals surface area contributed by atoms with Gasteiger partial charge in [-0.2, -0.15) is 0 Å². The molecule has 0 aliphatic carbocycles. The summed E-state index contributed by atoms with van der Waals surface area (Å²) in [5.74, 6) is 0. The summed E-state index contributed by atoms with van der Waals surface area (Å²) in [5.41, 5.74) is 7.23. The lowest BCUT2D eigenvalue weighted by Crippen LogP contribution is -2.41. The van der Waals surface area contributed by atoms with Crippen LogP contribution in [0.15, 0.2) is 114 Å². The highest BCUT2D eigenvalue weighted by atomic mass is 16.7. The molecule has 200 valence electrons. The molecule has 0 radical (unpaired) electrons. The molecule has 41 heavy (non-hydrogen) atoms. The van der Waals surface area contributed by atoms with E-state index in [4.69, 9.17) is 13.7 Å². The van der Waals surface area contributed by atoms with Crippen molar-refractivity contribution in [2.75, 3.05) is 0 Å². The van der Waals surface area contributed by atoms with Crippen molar-refractivity contribution in [3.8, 4) is 16.8 Å². The molecule has 0 bridgehead atoms. The fraction of sp³-hybridized carbons (Fsp3) is 0.167. The van der Waals surface area contributed by atoms with Crippen LogP contribution in [0.2, 0.25) is 0 Å². The van der Waals surface area contributed by atoms with Crippen LogP contribution in [0.25, 0.3) is 60.6 Å². The number of benzene rings is 5. The zero-order valence-electron chi connectivity index (χ0n) is 23.6. The van der Waals surface area contributed by atoms with Crippen molar-refractivity contribution in [3.05, 3.63) is 109 Å². The summed E-state index contributed by atoms with van der Waals surface area (Å²) in [7, 11) is -0.509. The van der Waals surface area contributed by atoms with E-state index in [-0.39, 0.29) is 0 Å². The van der Waals surface area contributed by atoms with E-state index in [1.54, 1.807) is 0 Å². The molecule has 0 saturated carbocycles. The fourth-order valence-electron chi connectivity index (χ4n) is 6.28. The number of hydrogen-bond donors (Lipinski definition) is 0. The third-order valence-electron chi connectivity index (χ3n) is 9.07. The van der Waals surface area contributed by atoms with Crippen LogP contribution in [-0.4, -0.2) is 22.9 Å². The molecule has 2 aromatic heterocycles. The molecule has 1 saturated heterocycles. The predicted molar refractivity (Wildman–Crippen MR) is 169 cm³/mol. The van der Waals surface area contributed by atoms with E-state index in [1.165, 1.54) is 10.8 Å². The summed E-state index contributed by atoms with van der Waals surface area (Å²) >= 11 is 0. The number of aromatic nitrogens is 1. The van der Waals surface area contributed by atoms with Gasteiger partial charge in [0.2, 0.25) is 0 Å².